The zero-order chi connectivity index (χ0) is 15.9. The second-order valence-electron chi connectivity index (χ2n) is 3.78. The molecule has 3 N–H and O–H groups in total. The second kappa shape index (κ2) is 8.02. The first-order valence-electron chi connectivity index (χ1n) is 5.80. The van der Waals surface area contributed by atoms with Crippen LogP contribution in [0.4, 0.5) is 0 Å². The number of carboxylic acids is 1. The third-order valence-corrected chi connectivity index (χ3v) is 5.08. The molecule has 0 aliphatic carbocycles. The molecule has 1 rings (SSSR count). The van der Waals surface area contributed by atoms with E-state index in [9.17, 15) is 18.0 Å². The van der Waals surface area contributed by atoms with Crippen LogP contribution in [-0.2, 0) is 19.6 Å². The standard InChI is InChI=1S/C10H15N3O6S2/c1-19-5-4-11-7(14)2-3-13-21(17,18)10-8(9(15)16)12-6-20-10/h6,13H,2-5H2,1H3,(H,11,14)(H,15,16). The molecule has 1 heterocycles. The van der Waals surface area contributed by atoms with Crippen molar-refractivity contribution in [3.8, 4) is 0 Å². The summed E-state index contributed by atoms with van der Waals surface area (Å²) >= 11 is 0.701. The van der Waals surface area contributed by atoms with E-state index < -0.39 is 21.7 Å². The largest absolute Gasteiger partial charge is 0.476 e. The Labute approximate surface area is 125 Å². The van der Waals surface area contributed by atoms with Gasteiger partial charge in [-0.2, -0.15) is 0 Å². The third kappa shape index (κ3) is 5.38. The molecule has 0 spiro atoms. The van der Waals surface area contributed by atoms with E-state index in [4.69, 9.17) is 9.84 Å². The number of nitrogens with one attached hydrogen (secondary N) is 2. The maximum absolute atomic E-state index is 11.9. The predicted octanol–water partition coefficient (Wildman–Crippen LogP) is -0.728. The van der Waals surface area contributed by atoms with Crippen molar-refractivity contribution in [2.75, 3.05) is 26.8 Å². The van der Waals surface area contributed by atoms with Crippen molar-refractivity contribution in [3.05, 3.63) is 11.2 Å². The highest BCUT2D eigenvalue weighted by molar-refractivity contribution is 7.91. The van der Waals surface area contributed by atoms with Gasteiger partial charge in [-0.05, 0) is 0 Å². The lowest BCUT2D eigenvalue weighted by Gasteiger charge is -2.06. The minimum Gasteiger partial charge on any atom is -0.476 e. The van der Waals surface area contributed by atoms with E-state index in [2.05, 4.69) is 15.0 Å². The summed E-state index contributed by atoms with van der Waals surface area (Å²) < 4.78 is 30.3. The number of aromatic nitrogens is 1. The van der Waals surface area contributed by atoms with Crippen LogP contribution in [0.25, 0.3) is 0 Å². The summed E-state index contributed by atoms with van der Waals surface area (Å²) in [6, 6.07) is 0. The Morgan fingerprint density at radius 2 is 2.14 bits per heavy atom. The van der Waals surface area contributed by atoms with Gasteiger partial charge in [0.05, 0.1) is 12.1 Å². The molecule has 118 valence electrons. The quantitative estimate of drug-likeness (QED) is 0.506. The molecule has 1 amide bonds. The average Bonchev–Trinajstić information content (AvgIpc) is 2.89. The van der Waals surface area contributed by atoms with Crippen LogP contribution in [0.3, 0.4) is 0 Å². The van der Waals surface area contributed by atoms with Crippen LogP contribution in [0.15, 0.2) is 9.72 Å². The second-order valence-corrected chi connectivity index (χ2v) is 6.60. The van der Waals surface area contributed by atoms with Crippen molar-refractivity contribution in [2.45, 2.75) is 10.6 Å². The average molecular weight is 337 g/mol. The van der Waals surface area contributed by atoms with E-state index in [-0.39, 0.29) is 23.1 Å². The Bertz CT molecular complexity index is 598. The smallest absolute Gasteiger partial charge is 0.356 e. The van der Waals surface area contributed by atoms with E-state index in [0.29, 0.717) is 24.5 Å². The zero-order valence-electron chi connectivity index (χ0n) is 11.2. The zero-order valence-corrected chi connectivity index (χ0v) is 12.8. The van der Waals surface area contributed by atoms with Gasteiger partial charge in [0.15, 0.2) is 9.90 Å². The fourth-order valence-electron chi connectivity index (χ4n) is 1.31. The SMILES string of the molecule is COCCNC(=O)CCNS(=O)(=O)c1scnc1C(=O)O. The lowest BCUT2D eigenvalue weighted by molar-refractivity contribution is -0.121. The summed E-state index contributed by atoms with van der Waals surface area (Å²) in [5.41, 5.74) is 0.604. The third-order valence-electron chi connectivity index (χ3n) is 2.25. The van der Waals surface area contributed by atoms with Gasteiger partial charge in [-0.1, -0.05) is 0 Å². The number of carbonyl (C=O) groups excluding carboxylic acids is 1. The van der Waals surface area contributed by atoms with Crippen LogP contribution in [0.2, 0.25) is 0 Å². The van der Waals surface area contributed by atoms with Crippen molar-refractivity contribution in [1.82, 2.24) is 15.0 Å². The Morgan fingerprint density at radius 3 is 2.76 bits per heavy atom. The van der Waals surface area contributed by atoms with Crippen molar-refractivity contribution >= 4 is 33.2 Å². The molecule has 0 saturated carbocycles. The molecular weight excluding hydrogens is 322 g/mol. The highest BCUT2D eigenvalue weighted by Crippen LogP contribution is 2.19. The number of carboxylic acid groups (broad SMARTS) is 1. The molecule has 1 aromatic heterocycles. The summed E-state index contributed by atoms with van der Waals surface area (Å²) in [6.07, 6.45) is -0.0653. The molecule has 0 atom stereocenters. The van der Waals surface area contributed by atoms with Crippen molar-refractivity contribution in [3.63, 3.8) is 0 Å². The molecule has 0 aromatic carbocycles. The molecule has 21 heavy (non-hydrogen) atoms. The van der Waals surface area contributed by atoms with Crippen LogP contribution in [0.1, 0.15) is 16.9 Å². The molecule has 0 saturated heterocycles. The van der Waals surface area contributed by atoms with Gasteiger partial charge in [-0.25, -0.2) is 22.9 Å². The Hall–Kier alpha value is -1.56. The molecular formula is C10H15N3O6S2. The van der Waals surface area contributed by atoms with Gasteiger partial charge < -0.3 is 15.2 Å². The Balaban J connectivity index is 2.52. The fourth-order valence-corrected chi connectivity index (χ4v) is 3.53. The lowest BCUT2D eigenvalue weighted by atomic mass is 10.4. The number of rotatable bonds is 9. The van der Waals surface area contributed by atoms with E-state index in [1.165, 1.54) is 7.11 Å². The van der Waals surface area contributed by atoms with Gasteiger partial charge in [-0.3, -0.25) is 4.79 Å². The number of hydrogen-bond donors (Lipinski definition) is 3. The first-order valence-corrected chi connectivity index (χ1v) is 8.17. The Morgan fingerprint density at radius 1 is 1.43 bits per heavy atom. The number of nitrogens with zero attached hydrogens (tertiary/aromatic N) is 1. The molecule has 9 nitrogen and oxygen atoms in total. The number of carbonyl (C=O) groups is 2. The van der Waals surface area contributed by atoms with Gasteiger partial charge in [0.1, 0.15) is 0 Å². The highest BCUT2D eigenvalue weighted by Gasteiger charge is 2.25. The van der Waals surface area contributed by atoms with Crippen LogP contribution in [-0.4, -0.2) is 57.2 Å². The predicted molar refractivity (Wildman–Crippen MR) is 73.8 cm³/mol. The molecule has 0 aliphatic heterocycles. The van der Waals surface area contributed by atoms with Gasteiger partial charge in [-0.15, -0.1) is 11.3 Å². The molecule has 0 bridgehead atoms. The van der Waals surface area contributed by atoms with Crippen LogP contribution in [0.5, 0.6) is 0 Å². The summed E-state index contributed by atoms with van der Waals surface area (Å²) in [7, 11) is -2.50. The number of aromatic carboxylic acids is 1. The summed E-state index contributed by atoms with van der Waals surface area (Å²) in [5, 5.41) is 11.4. The van der Waals surface area contributed by atoms with Crippen molar-refractivity contribution < 1.29 is 27.9 Å². The maximum Gasteiger partial charge on any atom is 0.356 e. The van der Waals surface area contributed by atoms with Gasteiger partial charge in [0, 0.05) is 26.6 Å². The highest BCUT2D eigenvalue weighted by atomic mass is 32.2. The van der Waals surface area contributed by atoms with Gasteiger partial charge in [0.2, 0.25) is 5.91 Å². The maximum atomic E-state index is 11.9. The minimum atomic E-state index is -3.99. The number of amides is 1. The van der Waals surface area contributed by atoms with E-state index >= 15 is 0 Å². The number of methoxy groups -OCH3 is 1. The molecule has 0 radical (unpaired) electrons. The first-order chi connectivity index (χ1) is 9.88. The van der Waals surface area contributed by atoms with Crippen molar-refractivity contribution in [1.29, 1.82) is 0 Å². The molecule has 1 aromatic rings. The van der Waals surface area contributed by atoms with Crippen molar-refractivity contribution in [2.24, 2.45) is 0 Å². The fraction of sp³-hybridized carbons (Fsp3) is 0.500. The molecule has 0 aliphatic rings. The van der Waals surface area contributed by atoms with Crippen LogP contribution < -0.4 is 10.0 Å². The molecule has 0 unspecified atom stereocenters. The van der Waals surface area contributed by atoms with Gasteiger partial charge in [0.25, 0.3) is 10.0 Å². The number of sulfonamides is 1. The van der Waals surface area contributed by atoms with E-state index in [0.717, 1.165) is 5.51 Å². The first kappa shape index (κ1) is 17.5. The molecule has 11 heteroatoms. The van der Waals surface area contributed by atoms with E-state index in [1.807, 2.05) is 0 Å². The molecule has 0 fully saturated rings. The van der Waals surface area contributed by atoms with Crippen LogP contribution in [0, 0.1) is 0 Å². The lowest BCUT2D eigenvalue weighted by Crippen LogP contribution is -2.32. The number of hydrogen-bond acceptors (Lipinski definition) is 7. The summed E-state index contributed by atoms with van der Waals surface area (Å²) in [6.45, 7) is 0.554. The van der Waals surface area contributed by atoms with E-state index in [1.54, 1.807) is 0 Å². The minimum absolute atomic E-state index is 0.0653. The monoisotopic (exact) mass is 337 g/mol. The normalized spacial score (nSPS) is 11.3. The number of ether oxygens (including phenoxy) is 1. The Kier molecular flexibility index (Phi) is 6.68. The number of thiazole rings is 1. The summed E-state index contributed by atoms with van der Waals surface area (Å²) in [4.78, 5) is 25.7. The van der Waals surface area contributed by atoms with Crippen LogP contribution >= 0.6 is 11.3 Å². The van der Waals surface area contributed by atoms with Gasteiger partial charge >= 0.3 is 5.97 Å². The topological polar surface area (TPSA) is 135 Å². The summed E-state index contributed by atoms with van der Waals surface area (Å²) in [5.74, 6) is -1.76.